The molecule has 0 fully saturated rings. The number of aliphatic hydroxyl groups is 2. The summed E-state index contributed by atoms with van der Waals surface area (Å²) in [5.41, 5.74) is 6.22. The lowest BCUT2D eigenvalue weighted by atomic mass is 10.2. The summed E-state index contributed by atoms with van der Waals surface area (Å²) in [5.74, 6) is 1.25. The number of anilines is 2. The molecule has 0 aromatic carbocycles. The van der Waals surface area contributed by atoms with Crippen LogP contribution in [-0.4, -0.2) is 41.1 Å². The molecule has 102 valence electrons. The van der Waals surface area contributed by atoms with E-state index in [1.54, 1.807) is 12.1 Å². The fourth-order valence-electron chi connectivity index (χ4n) is 1.25. The van der Waals surface area contributed by atoms with Crippen LogP contribution in [0.4, 0.5) is 11.5 Å². The van der Waals surface area contributed by atoms with Gasteiger partial charge in [-0.3, -0.25) is 0 Å². The first-order valence-electron chi connectivity index (χ1n) is 5.94. The van der Waals surface area contributed by atoms with Crippen LogP contribution in [0.15, 0.2) is 12.1 Å². The second kappa shape index (κ2) is 7.03. The van der Waals surface area contributed by atoms with Crippen LogP contribution in [0.2, 0.25) is 0 Å². The Balaban J connectivity index is 2.73. The average molecular weight is 255 g/mol. The first-order chi connectivity index (χ1) is 8.56. The van der Waals surface area contributed by atoms with Crippen LogP contribution < -0.4 is 15.8 Å². The highest BCUT2D eigenvalue weighted by Crippen LogP contribution is 2.21. The zero-order valence-electron chi connectivity index (χ0n) is 10.8. The van der Waals surface area contributed by atoms with Gasteiger partial charge in [0.25, 0.3) is 0 Å². The van der Waals surface area contributed by atoms with Crippen molar-refractivity contribution in [1.29, 1.82) is 0 Å². The van der Waals surface area contributed by atoms with Gasteiger partial charge in [-0.1, -0.05) is 13.8 Å². The van der Waals surface area contributed by atoms with Crippen LogP contribution in [0.1, 0.15) is 13.8 Å². The van der Waals surface area contributed by atoms with Gasteiger partial charge in [-0.05, 0) is 18.1 Å². The first kappa shape index (κ1) is 14.5. The largest absolute Gasteiger partial charge is 0.476 e. The highest BCUT2D eigenvalue weighted by atomic mass is 16.5. The van der Waals surface area contributed by atoms with Crippen LogP contribution in [-0.2, 0) is 0 Å². The number of aliphatic hydroxyl groups excluding tert-OH is 2. The molecule has 0 bridgehead atoms. The molecule has 5 N–H and O–H groups in total. The number of nitrogens with zero attached hydrogens (tertiary/aromatic N) is 1. The summed E-state index contributed by atoms with van der Waals surface area (Å²) in [4.78, 5) is 4.20. The van der Waals surface area contributed by atoms with Crippen molar-refractivity contribution in [2.75, 3.05) is 30.9 Å². The molecule has 0 amide bonds. The maximum atomic E-state index is 8.98. The summed E-state index contributed by atoms with van der Waals surface area (Å²) < 4.78 is 5.49. The number of pyridine rings is 1. The van der Waals surface area contributed by atoms with Gasteiger partial charge >= 0.3 is 0 Å². The number of aromatic nitrogens is 1. The molecule has 0 unspecified atom stereocenters. The summed E-state index contributed by atoms with van der Waals surface area (Å²) in [6, 6.07) is 2.91. The Bertz CT molecular complexity index is 368. The van der Waals surface area contributed by atoms with E-state index in [2.05, 4.69) is 10.3 Å². The maximum absolute atomic E-state index is 8.98. The predicted octanol–water partition coefficient (Wildman–Crippen LogP) is 0.464. The van der Waals surface area contributed by atoms with Crippen LogP contribution in [0.3, 0.4) is 0 Å². The third-order valence-corrected chi connectivity index (χ3v) is 2.24. The molecule has 1 heterocycles. The minimum Gasteiger partial charge on any atom is -0.476 e. The molecule has 0 saturated carbocycles. The third-order valence-electron chi connectivity index (χ3n) is 2.24. The van der Waals surface area contributed by atoms with E-state index in [1.807, 2.05) is 13.8 Å². The van der Waals surface area contributed by atoms with E-state index in [1.165, 1.54) is 0 Å². The fourth-order valence-corrected chi connectivity index (χ4v) is 1.25. The van der Waals surface area contributed by atoms with Crippen molar-refractivity contribution in [2.45, 2.75) is 19.9 Å². The lowest BCUT2D eigenvalue weighted by molar-refractivity contribution is 0.203. The van der Waals surface area contributed by atoms with Gasteiger partial charge in [-0.2, -0.15) is 4.98 Å². The molecule has 0 aliphatic heterocycles. The summed E-state index contributed by atoms with van der Waals surface area (Å²) in [6.07, 6.45) is 0. The van der Waals surface area contributed by atoms with Gasteiger partial charge in [0, 0.05) is 0 Å². The molecule has 0 atom stereocenters. The fraction of sp³-hybridized carbons (Fsp3) is 0.583. The SMILES string of the molecule is CC(C)COc1nc(NC(CO)CO)ccc1N. The minimum atomic E-state index is -0.445. The third kappa shape index (κ3) is 4.38. The number of nitrogens with one attached hydrogen (secondary N) is 1. The second-order valence-electron chi connectivity index (χ2n) is 4.50. The highest BCUT2D eigenvalue weighted by molar-refractivity contribution is 5.53. The van der Waals surface area contributed by atoms with Gasteiger partial charge in [0.2, 0.25) is 5.88 Å². The lowest BCUT2D eigenvalue weighted by Crippen LogP contribution is -2.28. The number of hydrogen-bond acceptors (Lipinski definition) is 6. The van der Waals surface area contributed by atoms with E-state index < -0.39 is 6.04 Å². The molecular weight excluding hydrogens is 234 g/mol. The molecular formula is C12H21N3O3. The van der Waals surface area contributed by atoms with Crippen LogP contribution >= 0.6 is 0 Å². The molecule has 1 aromatic rings. The lowest BCUT2D eigenvalue weighted by Gasteiger charge is -2.16. The van der Waals surface area contributed by atoms with E-state index in [0.29, 0.717) is 29.9 Å². The second-order valence-corrected chi connectivity index (χ2v) is 4.50. The number of hydrogen-bond donors (Lipinski definition) is 4. The molecule has 0 aliphatic carbocycles. The van der Waals surface area contributed by atoms with Crippen LogP contribution in [0.25, 0.3) is 0 Å². The molecule has 0 radical (unpaired) electrons. The normalized spacial score (nSPS) is 11.0. The predicted molar refractivity (Wildman–Crippen MR) is 70.6 cm³/mol. The molecule has 1 aromatic heterocycles. The molecule has 6 heteroatoms. The van der Waals surface area contributed by atoms with Crippen LogP contribution in [0, 0.1) is 5.92 Å². The maximum Gasteiger partial charge on any atom is 0.239 e. The summed E-state index contributed by atoms with van der Waals surface area (Å²) in [5, 5.41) is 20.8. The summed E-state index contributed by atoms with van der Waals surface area (Å²) >= 11 is 0. The Morgan fingerprint density at radius 3 is 2.56 bits per heavy atom. The number of rotatable bonds is 7. The summed E-state index contributed by atoms with van der Waals surface area (Å²) in [7, 11) is 0. The van der Waals surface area contributed by atoms with E-state index in [0.717, 1.165) is 0 Å². The van der Waals surface area contributed by atoms with Gasteiger partial charge in [0.05, 0.1) is 31.5 Å². The quantitative estimate of drug-likeness (QED) is 0.565. The zero-order valence-corrected chi connectivity index (χ0v) is 10.8. The van der Waals surface area contributed by atoms with E-state index in [4.69, 9.17) is 20.7 Å². The van der Waals surface area contributed by atoms with Crippen LogP contribution in [0.5, 0.6) is 5.88 Å². The standard InChI is InChI=1S/C12H21N3O3/c1-8(2)7-18-12-10(13)3-4-11(15-12)14-9(5-16)6-17/h3-4,8-9,16-17H,5-7,13H2,1-2H3,(H,14,15). The number of nitrogen functional groups attached to an aromatic ring is 1. The van der Waals surface area contributed by atoms with Gasteiger partial charge < -0.3 is 26.0 Å². The van der Waals surface area contributed by atoms with Crippen molar-refractivity contribution in [2.24, 2.45) is 5.92 Å². The van der Waals surface area contributed by atoms with E-state index in [9.17, 15) is 0 Å². The van der Waals surface area contributed by atoms with Crippen molar-refractivity contribution in [3.8, 4) is 5.88 Å². The Morgan fingerprint density at radius 2 is 2.00 bits per heavy atom. The monoisotopic (exact) mass is 255 g/mol. The Morgan fingerprint density at radius 1 is 1.33 bits per heavy atom. The van der Waals surface area contributed by atoms with Crippen molar-refractivity contribution in [1.82, 2.24) is 4.98 Å². The van der Waals surface area contributed by atoms with E-state index >= 15 is 0 Å². The smallest absolute Gasteiger partial charge is 0.239 e. The van der Waals surface area contributed by atoms with Gasteiger partial charge in [0.1, 0.15) is 5.82 Å². The Kier molecular flexibility index (Phi) is 5.67. The van der Waals surface area contributed by atoms with Crippen molar-refractivity contribution >= 4 is 11.5 Å². The Hall–Kier alpha value is -1.53. The number of ether oxygens (including phenoxy) is 1. The topological polar surface area (TPSA) is 101 Å². The highest BCUT2D eigenvalue weighted by Gasteiger charge is 2.09. The minimum absolute atomic E-state index is 0.176. The Labute approximate surface area is 107 Å². The molecule has 0 saturated heterocycles. The summed E-state index contributed by atoms with van der Waals surface area (Å²) in [6.45, 7) is 4.25. The molecule has 0 aliphatic rings. The van der Waals surface area contributed by atoms with Crippen molar-refractivity contribution < 1.29 is 14.9 Å². The number of nitrogens with two attached hydrogens (primary N) is 1. The van der Waals surface area contributed by atoms with Gasteiger partial charge in [-0.15, -0.1) is 0 Å². The molecule has 1 rings (SSSR count). The molecule has 0 spiro atoms. The zero-order chi connectivity index (χ0) is 13.5. The first-order valence-corrected chi connectivity index (χ1v) is 5.94. The van der Waals surface area contributed by atoms with Crippen molar-refractivity contribution in [3.63, 3.8) is 0 Å². The van der Waals surface area contributed by atoms with E-state index in [-0.39, 0.29) is 13.2 Å². The molecule has 6 nitrogen and oxygen atoms in total. The van der Waals surface area contributed by atoms with Gasteiger partial charge in [0.15, 0.2) is 0 Å². The molecule has 18 heavy (non-hydrogen) atoms. The van der Waals surface area contributed by atoms with Crippen molar-refractivity contribution in [3.05, 3.63) is 12.1 Å². The average Bonchev–Trinajstić information content (AvgIpc) is 2.36. The van der Waals surface area contributed by atoms with Gasteiger partial charge in [-0.25, -0.2) is 0 Å².